The molecule has 0 heterocycles. The van der Waals surface area contributed by atoms with E-state index >= 15 is 0 Å². The van der Waals surface area contributed by atoms with E-state index in [0.29, 0.717) is 10.8 Å². The minimum Gasteiger partial charge on any atom is -0.302 e. The van der Waals surface area contributed by atoms with E-state index in [4.69, 9.17) is 11.6 Å². The lowest BCUT2D eigenvalue weighted by molar-refractivity contribution is -0.105. The van der Waals surface area contributed by atoms with Crippen molar-refractivity contribution < 1.29 is 4.79 Å². The third-order valence-electron chi connectivity index (χ3n) is 1.14. The van der Waals surface area contributed by atoms with Gasteiger partial charge in [0.1, 0.15) is 6.29 Å². The third-order valence-corrected chi connectivity index (χ3v) is 2.55. The molecule has 0 bridgehead atoms. The first kappa shape index (κ1) is 8.62. The van der Waals surface area contributed by atoms with Crippen molar-refractivity contribution in [3.05, 3.63) is 29.3 Å². The van der Waals surface area contributed by atoms with Crippen molar-refractivity contribution in [2.75, 3.05) is 5.75 Å². The van der Waals surface area contributed by atoms with E-state index in [-0.39, 0.29) is 0 Å². The summed E-state index contributed by atoms with van der Waals surface area (Å²) in [5.41, 5.74) is 0. The Hall–Kier alpha value is -0.470. The Morgan fingerprint density at radius 3 is 2.82 bits per heavy atom. The highest BCUT2D eigenvalue weighted by Crippen LogP contribution is 2.25. The summed E-state index contributed by atoms with van der Waals surface area (Å²) in [6.07, 6.45) is 0.869. The number of thioether (sulfide) groups is 1. The number of carbonyl (C=O) groups excluding carboxylic acids is 1. The van der Waals surface area contributed by atoms with Crippen LogP contribution in [0, 0.1) is 0 Å². The van der Waals surface area contributed by atoms with E-state index in [1.54, 1.807) is 0 Å². The van der Waals surface area contributed by atoms with Crippen molar-refractivity contribution in [1.82, 2.24) is 0 Å². The lowest BCUT2D eigenvalue weighted by Gasteiger charge is -1.98. The molecule has 1 nitrogen and oxygen atoms in total. The van der Waals surface area contributed by atoms with Gasteiger partial charge in [-0.3, -0.25) is 0 Å². The van der Waals surface area contributed by atoms with Crippen molar-refractivity contribution >= 4 is 29.6 Å². The number of carbonyl (C=O) groups is 1. The smallest absolute Gasteiger partial charge is 0.130 e. The molecule has 0 N–H and O–H groups in total. The van der Waals surface area contributed by atoms with Crippen molar-refractivity contribution in [2.45, 2.75) is 4.90 Å². The first-order valence-corrected chi connectivity index (χ1v) is 4.52. The zero-order chi connectivity index (χ0) is 8.10. The molecule has 0 fully saturated rings. The van der Waals surface area contributed by atoms with Crippen molar-refractivity contribution in [3.63, 3.8) is 0 Å². The lowest BCUT2D eigenvalue weighted by Crippen LogP contribution is -1.79. The molecule has 0 saturated heterocycles. The molecule has 11 heavy (non-hydrogen) atoms. The SMILES string of the molecule is O=CCSc1ccccc1Cl. The van der Waals surface area contributed by atoms with Crippen LogP contribution in [0.5, 0.6) is 0 Å². The van der Waals surface area contributed by atoms with Crippen LogP contribution in [0.25, 0.3) is 0 Å². The Morgan fingerprint density at radius 2 is 2.18 bits per heavy atom. The van der Waals surface area contributed by atoms with E-state index in [1.165, 1.54) is 11.8 Å². The topological polar surface area (TPSA) is 17.1 Å². The molecular weight excluding hydrogens is 180 g/mol. The van der Waals surface area contributed by atoms with Gasteiger partial charge in [-0.05, 0) is 12.1 Å². The summed E-state index contributed by atoms with van der Waals surface area (Å²) in [6, 6.07) is 7.48. The van der Waals surface area contributed by atoms with Gasteiger partial charge in [-0.15, -0.1) is 11.8 Å². The highest BCUT2D eigenvalue weighted by Gasteiger charge is 1.96. The van der Waals surface area contributed by atoms with Crippen molar-refractivity contribution in [3.8, 4) is 0 Å². The molecule has 0 aliphatic rings. The van der Waals surface area contributed by atoms with E-state index < -0.39 is 0 Å². The summed E-state index contributed by atoms with van der Waals surface area (Å²) < 4.78 is 0. The van der Waals surface area contributed by atoms with Gasteiger partial charge in [0, 0.05) is 4.90 Å². The Balaban J connectivity index is 2.69. The van der Waals surface area contributed by atoms with E-state index in [2.05, 4.69) is 0 Å². The number of hydrogen-bond acceptors (Lipinski definition) is 2. The first-order chi connectivity index (χ1) is 5.34. The van der Waals surface area contributed by atoms with E-state index in [1.807, 2.05) is 24.3 Å². The summed E-state index contributed by atoms with van der Waals surface area (Å²) in [4.78, 5) is 11.0. The molecule has 0 saturated carbocycles. The summed E-state index contributed by atoms with van der Waals surface area (Å²) in [6.45, 7) is 0. The quantitative estimate of drug-likeness (QED) is 0.533. The zero-order valence-corrected chi connectivity index (χ0v) is 7.36. The fourth-order valence-electron chi connectivity index (χ4n) is 0.686. The molecule has 3 heteroatoms. The minimum absolute atomic E-state index is 0.462. The van der Waals surface area contributed by atoms with Gasteiger partial charge < -0.3 is 4.79 Å². The fourth-order valence-corrected chi connectivity index (χ4v) is 1.61. The molecule has 1 rings (SSSR count). The van der Waals surface area contributed by atoms with Crippen LogP contribution >= 0.6 is 23.4 Å². The van der Waals surface area contributed by atoms with Crippen LogP contribution in [0.2, 0.25) is 5.02 Å². The Kier molecular flexibility index (Phi) is 3.46. The van der Waals surface area contributed by atoms with Gasteiger partial charge in [-0.2, -0.15) is 0 Å². The van der Waals surface area contributed by atoms with E-state index in [9.17, 15) is 4.79 Å². The maximum atomic E-state index is 10.0. The lowest BCUT2D eigenvalue weighted by atomic mass is 10.4. The predicted octanol–water partition coefficient (Wildman–Crippen LogP) is 2.63. The highest BCUT2D eigenvalue weighted by molar-refractivity contribution is 8.00. The van der Waals surface area contributed by atoms with Crippen LogP contribution in [-0.2, 0) is 4.79 Å². The maximum absolute atomic E-state index is 10.0. The normalized spacial score (nSPS) is 9.55. The summed E-state index contributed by atoms with van der Waals surface area (Å²) in [5, 5.41) is 0.708. The number of aldehydes is 1. The molecule has 1 aromatic rings. The van der Waals surface area contributed by atoms with Crippen LogP contribution in [-0.4, -0.2) is 12.0 Å². The Labute approximate surface area is 74.7 Å². The Morgan fingerprint density at radius 1 is 1.45 bits per heavy atom. The molecule has 0 atom stereocenters. The van der Waals surface area contributed by atoms with Gasteiger partial charge in [-0.25, -0.2) is 0 Å². The van der Waals surface area contributed by atoms with Crippen molar-refractivity contribution in [1.29, 1.82) is 0 Å². The minimum atomic E-state index is 0.462. The monoisotopic (exact) mass is 186 g/mol. The second-order valence-corrected chi connectivity index (χ2v) is 3.38. The maximum Gasteiger partial charge on any atom is 0.130 e. The number of benzene rings is 1. The van der Waals surface area contributed by atoms with Gasteiger partial charge in [0.05, 0.1) is 10.8 Å². The molecule has 0 aliphatic heterocycles. The molecular formula is C8H7ClOS. The standard InChI is InChI=1S/C8H7ClOS/c9-7-3-1-2-4-8(7)11-6-5-10/h1-5H,6H2. The van der Waals surface area contributed by atoms with Crippen LogP contribution in [0.1, 0.15) is 0 Å². The largest absolute Gasteiger partial charge is 0.302 e. The van der Waals surface area contributed by atoms with Gasteiger partial charge in [0.25, 0.3) is 0 Å². The molecule has 0 aromatic heterocycles. The van der Waals surface area contributed by atoms with Gasteiger partial charge >= 0.3 is 0 Å². The molecule has 1 aromatic carbocycles. The highest BCUT2D eigenvalue weighted by atomic mass is 35.5. The number of hydrogen-bond donors (Lipinski definition) is 0. The van der Waals surface area contributed by atoms with E-state index in [0.717, 1.165) is 11.2 Å². The zero-order valence-electron chi connectivity index (χ0n) is 5.79. The van der Waals surface area contributed by atoms with Gasteiger partial charge in [-0.1, -0.05) is 23.7 Å². The van der Waals surface area contributed by atoms with Crippen LogP contribution < -0.4 is 0 Å². The second-order valence-electron chi connectivity index (χ2n) is 1.91. The van der Waals surface area contributed by atoms with Gasteiger partial charge in [0.15, 0.2) is 0 Å². The summed E-state index contributed by atoms with van der Waals surface area (Å²) in [5.74, 6) is 0.462. The average Bonchev–Trinajstić information content (AvgIpc) is 2.03. The third kappa shape index (κ3) is 2.56. The van der Waals surface area contributed by atoms with Crippen LogP contribution in [0.3, 0.4) is 0 Å². The van der Waals surface area contributed by atoms with Crippen molar-refractivity contribution in [2.24, 2.45) is 0 Å². The first-order valence-electron chi connectivity index (χ1n) is 3.15. The Bertz CT molecular complexity index is 250. The molecule has 0 aliphatic carbocycles. The molecule has 58 valence electrons. The average molecular weight is 187 g/mol. The summed E-state index contributed by atoms with van der Waals surface area (Å²) >= 11 is 7.27. The van der Waals surface area contributed by atoms with Crippen LogP contribution in [0.4, 0.5) is 0 Å². The second kappa shape index (κ2) is 4.42. The van der Waals surface area contributed by atoms with Crippen LogP contribution in [0.15, 0.2) is 29.2 Å². The fraction of sp³-hybridized carbons (Fsp3) is 0.125. The molecule has 0 amide bonds. The molecule has 0 radical (unpaired) electrons. The molecule has 0 spiro atoms. The predicted molar refractivity (Wildman–Crippen MR) is 48.2 cm³/mol. The number of rotatable bonds is 3. The van der Waals surface area contributed by atoms with Gasteiger partial charge in [0.2, 0.25) is 0 Å². The summed E-state index contributed by atoms with van der Waals surface area (Å²) in [7, 11) is 0. The molecule has 0 unspecified atom stereocenters. The number of halogens is 1.